The van der Waals surface area contributed by atoms with Gasteiger partial charge in [-0.25, -0.2) is 4.79 Å². The van der Waals surface area contributed by atoms with Crippen LogP contribution < -0.4 is 16.0 Å². The number of aromatic amines is 1. The van der Waals surface area contributed by atoms with Gasteiger partial charge in [0.25, 0.3) is 5.56 Å². The van der Waals surface area contributed by atoms with Crippen molar-refractivity contribution in [3.8, 4) is 11.5 Å². The summed E-state index contributed by atoms with van der Waals surface area (Å²) in [5.41, 5.74) is -0.290. The predicted molar refractivity (Wildman–Crippen MR) is 96.1 cm³/mol. The molecule has 128 valence electrons. The first-order valence-corrected chi connectivity index (χ1v) is 7.82. The van der Waals surface area contributed by atoms with Crippen molar-refractivity contribution >= 4 is 28.7 Å². The number of para-hydroxylation sites is 1. The molecule has 7 nitrogen and oxygen atoms in total. The molecule has 0 aliphatic heterocycles. The van der Waals surface area contributed by atoms with Gasteiger partial charge < -0.3 is 14.8 Å². The fourth-order valence-electron chi connectivity index (χ4n) is 2.32. The fourth-order valence-corrected chi connectivity index (χ4v) is 2.54. The highest BCUT2D eigenvalue weighted by molar-refractivity contribution is 6.32. The summed E-state index contributed by atoms with van der Waals surface area (Å²) in [4.78, 5) is 27.1. The monoisotopic (exact) mass is 359 g/mol. The molecule has 1 heterocycles. The molecule has 0 aliphatic rings. The average Bonchev–Trinajstić information content (AvgIpc) is 2.59. The molecule has 2 N–H and O–H groups in total. The molecule has 0 unspecified atom stereocenters. The Hall–Kier alpha value is -3.06. The largest absolute Gasteiger partial charge is 0.503 e. The number of hydrogen-bond donors (Lipinski definition) is 2. The zero-order chi connectivity index (χ0) is 18.0. The van der Waals surface area contributed by atoms with E-state index in [2.05, 4.69) is 10.1 Å². The van der Waals surface area contributed by atoms with Crippen LogP contribution in [0.15, 0.2) is 51.1 Å². The van der Waals surface area contributed by atoms with Crippen molar-refractivity contribution in [2.24, 2.45) is 5.10 Å². The molecule has 0 saturated carbocycles. The van der Waals surface area contributed by atoms with E-state index in [4.69, 9.17) is 16.3 Å². The molecule has 1 aromatic heterocycles. The number of benzene rings is 2. The van der Waals surface area contributed by atoms with Crippen molar-refractivity contribution in [2.45, 2.75) is 6.92 Å². The van der Waals surface area contributed by atoms with Crippen LogP contribution in [0.1, 0.15) is 12.5 Å². The van der Waals surface area contributed by atoms with Gasteiger partial charge in [0.15, 0.2) is 11.5 Å². The molecule has 8 heteroatoms. The molecule has 25 heavy (non-hydrogen) atoms. The summed E-state index contributed by atoms with van der Waals surface area (Å²) in [5, 5.41) is 14.2. The maximum Gasteiger partial charge on any atom is 0.349 e. The number of aromatic hydroxyl groups is 1. The van der Waals surface area contributed by atoms with Crippen LogP contribution in [0, 0.1) is 0 Å². The lowest BCUT2D eigenvalue weighted by Gasteiger charge is -2.08. The van der Waals surface area contributed by atoms with Crippen molar-refractivity contribution in [2.75, 3.05) is 6.61 Å². The number of fused-ring (bicyclic) bond motifs is 1. The van der Waals surface area contributed by atoms with Gasteiger partial charge in [0.05, 0.1) is 28.7 Å². The molecule has 0 aliphatic carbocycles. The molecule has 0 saturated heterocycles. The maximum absolute atomic E-state index is 12.4. The Morgan fingerprint density at radius 2 is 2.08 bits per heavy atom. The number of nitrogens with zero attached hydrogens (tertiary/aromatic N) is 2. The molecular weight excluding hydrogens is 346 g/mol. The van der Waals surface area contributed by atoms with Crippen LogP contribution in [0.4, 0.5) is 0 Å². The van der Waals surface area contributed by atoms with Gasteiger partial charge in [-0.05, 0) is 36.8 Å². The molecule has 0 amide bonds. The molecule has 2 aromatic carbocycles. The van der Waals surface area contributed by atoms with Crippen LogP contribution in [0.25, 0.3) is 10.9 Å². The van der Waals surface area contributed by atoms with Gasteiger partial charge in [-0.15, -0.1) is 4.68 Å². The summed E-state index contributed by atoms with van der Waals surface area (Å²) in [6.45, 7) is 2.11. The maximum atomic E-state index is 12.4. The number of phenolic OH excluding ortho intramolecular Hbond substituents is 1. The SMILES string of the molecule is CCOc1cc(C=Nn2c(=O)[nH]c3ccccc3c2=O)cc(Cl)c1O. The van der Waals surface area contributed by atoms with E-state index < -0.39 is 11.2 Å². The Morgan fingerprint density at radius 3 is 2.84 bits per heavy atom. The van der Waals surface area contributed by atoms with Crippen LogP contribution in [0.5, 0.6) is 11.5 Å². The number of phenols is 1. The van der Waals surface area contributed by atoms with E-state index in [0.29, 0.717) is 23.1 Å². The normalized spacial score (nSPS) is 11.3. The Morgan fingerprint density at radius 1 is 1.32 bits per heavy atom. The van der Waals surface area contributed by atoms with Gasteiger partial charge in [-0.1, -0.05) is 23.7 Å². The topological polar surface area (TPSA) is 96.7 Å². The van der Waals surface area contributed by atoms with Gasteiger partial charge in [-0.2, -0.15) is 5.10 Å². The third kappa shape index (κ3) is 3.27. The minimum absolute atomic E-state index is 0.0761. The third-order valence-corrected chi connectivity index (χ3v) is 3.74. The van der Waals surface area contributed by atoms with Crippen molar-refractivity contribution in [3.63, 3.8) is 0 Å². The Balaban J connectivity index is 2.07. The van der Waals surface area contributed by atoms with Crippen LogP contribution in [0.3, 0.4) is 0 Å². The molecule has 0 bridgehead atoms. The Kier molecular flexibility index (Phi) is 4.58. The summed E-state index contributed by atoms with van der Waals surface area (Å²) in [5.74, 6) is 0.0117. The van der Waals surface area contributed by atoms with Crippen LogP contribution in [0.2, 0.25) is 5.02 Å². The summed E-state index contributed by atoms with van der Waals surface area (Å²) < 4.78 is 6.01. The zero-order valence-corrected chi connectivity index (χ0v) is 13.9. The average molecular weight is 360 g/mol. The number of rotatable bonds is 4. The van der Waals surface area contributed by atoms with Crippen molar-refractivity contribution in [3.05, 3.63) is 67.8 Å². The quantitative estimate of drug-likeness (QED) is 0.699. The van der Waals surface area contributed by atoms with E-state index >= 15 is 0 Å². The molecule has 3 rings (SSSR count). The van der Waals surface area contributed by atoms with E-state index in [1.165, 1.54) is 18.3 Å². The number of ether oxygens (including phenoxy) is 1. The third-order valence-electron chi connectivity index (χ3n) is 3.46. The van der Waals surface area contributed by atoms with E-state index in [-0.39, 0.29) is 16.5 Å². The van der Waals surface area contributed by atoms with E-state index in [9.17, 15) is 14.7 Å². The van der Waals surface area contributed by atoms with Gasteiger partial charge >= 0.3 is 5.69 Å². The summed E-state index contributed by atoms with van der Waals surface area (Å²) in [6.07, 6.45) is 1.29. The lowest BCUT2D eigenvalue weighted by atomic mass is 10.2. The Labute approximate surface area is 146 Å². The smallest absolute Gasteiger partial charge is 0.349 e. The van der Waals surface area contributed by atoms with Crippen LogP contribution in [-0.4, -0.2) is 27.6 Å². The van der Waals surface area contributed by atoms with Gasteiger partial charge in [0.1, 0.15) is 0 Å². The zero-order valence-electron chi connectivity index (χ0n) is 13.2. The number of hydrogen-bond acceptors (Lipinski definition) is 5. The van der Waals surface area contributed by atoms with Gasteiger partial charge in [-0.3, -0.25) is 4.79 Å². The van der Waals surface area contributed by atoms with E-state index in [0.717, 1.165) is 4.68 Å². The first-order valence-electron chi connectivity index (χ1n) is 7.45. The van der Waals surface area contributed by atoms with Crippen LogP contribution >= 0.6 is 11.6 Å². The highest BCUT2D eigenvalue weighted by Crippen LogP contribution is 2.34. The van der Waals surface area contributed by atoms with Crippen molar-refractivity contribution < 1.29 is 9.84 Å². The molecule has 3 aromatic rings. The summed E-state index contributed by atoms with van der Waals surface area (Å²) in [6, 6.07) is 9.62. The number of nitrogens with one attached hydrogen (secondary N) is 1. The molecule has 0 atom stereocenters. The van der Waals surface area contributed by atoms with E-state index in [1.807, 2.05) is 0 Å². The second-order valence-corrected chi connectivity index (χ2v) is 5.53. The highest BCUT2D eigenvalue weighted by Gasteiger charge is 2.09. The minimum Gasteiger partial charge on any atom is -0.503 e. The van der Waals surface area contributed by atoms with Gasteiger partial charge in [0.2, 0.25) is 0 Å². The van der Waals surface area contributed by atoms with E-state index in [1.54, 1.807) is 31.2 Å². The first kappa shape index (κ1) is 16.8. The molecule has 0 spiro atoms. The lowest BCUT2D eigenvalue weighted by Crippen LogP contribution is -2.32. The standard InChI is InChI=1S/C17H14ClN3O4/c1-2-25-14-8-10(7-12(18)15(14)22)9-19-21-16(23)11-5-3-4-6-13(11)20-17(21)24/h3-9,22H,2H2,1H3,(H,20,24). The van der Waals surface area contributed by atoms with Gasteiger partial charge in [0, 0.05) is 0 Å². The lowest BCUT2D eigenvalue weighted by molar-refractivity contribution is 0.318. The number of H-pyrrole nitrogens is 1. The minimum atomic E-state index is -0.658. The van der Waals surface area contributed by atoms with Crippen molar-refractivity contribution in [1.29, 1.82) is 0 Å². The number of halogens is 1. The highest BCUT2D eigenvalue weighted by atomic mass is 35.5. The molecular formula is C17H14ClN3O4. The molecule has 0 radical (unpaired) electrons. The summed E-state index contributed by atoms with van der Waals surface area (Å²) in [7, 11) is 0. The predicted octanol–water partition coefficient (Wildman–Crippen LogP) is 2.33. The van der Waals surface area contributed by atoms with Crippen molar-refractivity contribution in [1.82, 2.24) is 9.66 Å². The number of aromatic nitrogens is 2. The second kappa shape index (κ2) is 6.82. The fraction of sp³-hybridized carbons (Fsp3) is 0.118. The Bertz CT molecular complexity index is 1090. The molecule has 0 fully saturated rings. The first-order chi connectivity index (χ1) is 12.0. The second-order valence-electron chi connectivity index (χ2n) is 5.12. The van der Waals surface area contributed by atoms with Crippen LogP contribution in [-0.2, 0) is 0 Å². The summed E-state index contributed by atoms with van der Waals surface area (Å²) >= 11 is 5.95.